The third kappa shape index (κ3) is 1.91. The fourth-order valence-corrected chi connectivity index (χ4v) is 2.51. The Morgan fingerprint density at radius 1 is 1.10 bits per heavy atom. The Morgan fingerprint density at radius 3 is 2.48 bits per heavy atom. The van der Waals surface area contributed by atoms with Crippen LogP contribution in [0.1, 0.15) is 33.6 Å². The average molecular weight is 294 g/mol. The maximum absolute atomic E-state index is 13.7. The van der Waals surface area contributed by atoms with Gasteiger partial charge in [0.1, 0.15) is 17.7 Å². The summed E-state index contributed by atoms with van der Waals surface area (Å²) in [6, 6.07) is 0.0558. The molecule has 2 aliphatic rings. The van der Waals surface area contributed by atoms with Gasteiger partial charge < -0.3 is 0 Å². The number of hydrogen-bond acceptors (Lipinski definition) is 4. The maximum Gasteiger partial charge on any atom is 0.265 e. The van der Waals surface area contributed by atoms with Crippen LogP contribution in [0.4, 0.5) is 8.78 Å². The van der Waals surface area contributed by atoms with Crippen molar-refractivity contribution in [2.24, 2.45) is 0 Å². The van der Waals surface area contributed by atoms with Gasteiger partial charge in [-0.2, -0.15) is 0 Å². The third-order valence-corrected chi connectivity index (χ3v) is 3.46. The van der Waals surface area contributed by atoms with Crippen molar-refractivity contribution in [1.82, 2.24) is 10.2 Å². The number of imide groups is 2. The predicted molar refractivity (Wildman–Crippen MR) is 63.0 cm³/mol. The van der Waals surface area contributed by atoms with Crippen molar-refractivity contribution in [3.63, 3.8) is 0 Å². The number of benzene rings is 1. The van der Waals surface area contributed by atoms with Crippen molar-refractivity contribution in [1.29, 1.82) is 0 Å². The Kier molecular flexibility index (Phi) is 2.82. The minimum atomic E-state index is -1.20. The fraction of sp³-hybridized carbons (Fsp3) is 0.231. The molecule has 108 valence electrons. The minimum absolute atomic E-state index is 0.0410. The van der Waals surface area contributed by atoms with Gasteiger partial charge in [0.25, 0.3) is 11.8 Å². The zero-order chi connectivity index (χ0) is 15.3. The molecule has 1 N–H and O–H groups in total. The van der Waals surface area contributed by atoms with E-state index >= 15 is 0 Å². The average Bonchev–Trinajstić information content (AvgIpc) is 2.63. The second kappa shape index (κ2) is 4.44. The predicted octanol–water partition coefficient (Wildman–Crippen LogP) is 0.366. The summed E-state index contributed by atoms with van der Waals surface area (Å²) in [5.74, 6) is -5.40. The van der Waals surface area contributed by atoms with E-state index < -0.39 is 52.4 Å². The van der Waals surface area contributed by atoms with E-state index in [-0.39, 0.29) is 12.8 Å². The summed E-state index contributed by atoms with van der Waals surface area (Å²) in [7, 11) is 0. The first-order valence-electron chi connectivity index (χ1n) is 6.11. The molecule has 2 aliphatic heterocycles. The van der Waals surface area contributed by atoms with Crippen LogP contribution in [0.3, 0.4) is 0 Å². The highest BCUT2D eigenvalue weighted by molar-refractivity contribution is 6.23. The Balaban J connectivity index is 2.02. The number of carbonyl (C=O) groups is 4. The summed E-state index contributed by atoms with van der Waals surface area (Å²) < 4.78 is 26.9. The molecule has 0 aliphatic carbocycles. The van der Waals surface area contributed by atoms with Crippen LogP contribution in [0.25, 0.3) is 0 Å². The number of hydrogen-bond donors (Lipinski definition) is 1. The Labute approximate surface area is 116 Å². The van der Waals surface area contributed by atoms with Gasteiger partial charge in [-0.05, 0) is 12.5 Å². The molecule has 0 saturated carbocycles. The summed E-state index contributed by atoms with van der Waals surface area (Å²) in [5.41, 5.74) is -0.965. The van der Waals surface area contributed by atoms with Gasteiger partial charge in [0.2, 0.25) is 11.8 Å². The second-order valence-corrected chi connectivity index (χ2v) is 4.76. The Hall–Kier alpha value is -2.64. The van der Waals surface area contributed by atoms with Gasteiger partial charge in [-0.25, -0.2) is 8.78 Å². The van der Waals surface area contributed by atoms with Crippen LogP contribution < -0.4 is 5.32 Å². The molecular formula is C13H8F2N2O4. The summed E-state index contributed by atoms with van der Waals surface area (Å²) in [5, 5.41) is 2.01. The van der Waals surface area contributed by atoms with E-state index in [0.29, 0.717) is 11.0 Å². The highest BCUT2D eigenvalue weighted by atomic mass is 19.1. The van der Waals surface area contributed by atoms with Gasteiger partial charge in [-0.1, -0.05) is 0 Å². The molecule has 6 nitrogen and oxygen atoms in total. The standard InChI is InChI=1S/C13H8F2N2O4/c14-5-3-6-10(7(15)4-5)13(21)17(12(6)20)8-1-2-9(18)16-11(8)19/h3-4,8H,1-2H2,(H,16,18,19). The third-order valence-electron chi connectivity index (χ3n) is 3.46. The molecule has 21 heavy (non-hydrogen) atoms. The molecule has 4 amide bonds. The number of halogens is 2. The largest absolute Gasteiger partial charge is 0.295 e. The molecule has 0 bridgehead atoms. The van der Waals surface area contributed by atoms with E-state index in [2.05, 4.69) is 0 Å². The quantitative estimate of drug-likeness (QED) is 0.758. The van der Waals surface area contributed by atoms with Gasteiger partial charge in [-0.3, -0.25) is 29.4 Å². The first-order valence-corrected chi connectivity index (χ1v) is 6.11. The van der Waals surface area contributed by atoms with Crippen molar-refractivity contribution >= 4 is 23.6 Å². The van der Waals surface area contributed by atoms with E-state index in [9.17, 15) is 28.0 Å². The van der Waals surface area contributed by atoms with Crippen molar-refractivity contribution in [2.45, 2.75) is 18.9 Å². The molecule has 1 unspecified atom stereocenters. The van der Waals surface area contributed by atoms with Gasteiger partial charge in [0.15, 0.2) is 0 Å². The lowest BCUT2D eigenvalue weighted by atomic mass is 10.0. The minimum Gasteiger partial charge on any atom is -0.295 e. The van der Waals surface area contributed by atoms with E-state index in [0.717, 1.165) is 6.07 Å². The van der Waals surface area contributed by atoms with Crippen molar-refractivity contribution in [2.75, 3.05) is 0 Å². The van der Waals surface area contributed by atoms with Crippen LogP contribution in [-0.4, -0.2) is 34.6 Å². The Bertz CT molecular complexity index is 716. The highest BCUT2D eigenvalue weighted by Gasteiger charge is 2.46. The van der Waals surface area contributed by atoms with Gasteiger partial charge in [0, 0.05) is 12.5 Å². The molecule has 1 fully saturated rings. The van der Waals surface area contributed by atoms with E-state index in [1.165, 1.54) is 0 Å². The lowest BCUT2D eigenvalue weighted by Gasteiger charge is -2.27. The second-order valence-electron chi connectivity index (χ2n) is 4.76. The van der Waals surface area contributed by atoms with Gasteiger partial charge in [-0.15, -0.1) is 0 Å². The molecule has 8 heteroatoms. The molecular weight excluding hydrogens is 286 g/mol. The van der Waals surface area contributed by atoms with E-state index in [1.54, 1.807) is 0 Å². The zero-order valence-electron chi connectivity index (χ0n) is 10.5. The van der Waals surface area contributed by atoms with Crippen LogP contribution in [0.15, 0.2) is 12.1 Å². The van der Waals surface area contributed by atoms with Crippen LogP contribution >= 0.6 is 0 Å². The lowest BCUT2D eigenvalue weighted by molar-refractivity contribution is -0.136. The molecule has 0 radical (unpaired) electrons. The maximum atomic E-state index is 13.7. The lowest BCUT2D eigenvalue weighted by Crippen LogP contribution is -2.54. The topological polar surface area (TPSA) is 83.6 Å². The van der Waals surface area contributed by atoms with Crippen LogP contribution in [0.2, 0.25) is 0 Å². The van der Waals surface area contributed by atoms with Gasteiger partial charge >= 0.3 is 0 Å². The fourth-order valence-electron chi connectivity index (χ4n) is 2.51. The molecule has 1 aromatic carbocycles. The molecule has 1 atom stereocenters. The molecule has 2 heterocycles. The van der Waals surface area contributed by atoms with Crippen molar-refractivity contribution in [3.8, 4) is 0 Å². The number of nitrogens with zero attached hydrogens (tertiary/aromatic N) is 1. The number of piperidine rings is 1. The first kappa shape index (κ1) is 13.3. The molecule has 3 rings (SSSR count). The number of nitrogens with one attached hydrogen (secondary N) is 1. The smallest absolute Gasteiger partial charge is 0.265 e. The van der Waals surface area contributed by atoms with E-state index in [1.807, 2.05) is 5.32 Å². The monoisotopic (exact) mass is 294 g/mol. The molecule has 0 spiro atoms. The summed E-state index contributed by atoms with van der Waals surface area (Å²) in [6.45, 7) is 0. The van der Waals surface area contributed by atoms with Crippen LogP contribution in [-0.2, 0) is 9.59 Å². The highest BCUT2D eigenvalue weighted by Crippen LogP contribution is 2.29. The van der Waals surface area contributed by atoms with Crippen LogP contribution in [0, 0.1) is 11.6 Å². The number of carbonyl (C=O) groups excluding carboxylic acids is 4. The number of fused-ring (bicyclic) bond motifs is 1. The van der Waals surface area contributed by atoms with Crippen molar-refractivity contribution < 1.29 is 28.0 Å². The zero-order valence-corrected chi connectivity index (χ0v) is 10.5. The van der Waals surface area contributed by atoms with Gasteiger partial charge in [0.05, 0.1) is 11.1 Å². The molecule has 1 aromatic rings. The van der Waals surface area contributed by atoms with Crippen LogP contribution in [0.5, 0.6) is 0 Å². The summed E-state index contributed by atoms with van der Waals surface area (Å²) >= 11 is 0. The SMILES string of the molecule is O=C1CCC(N2C(=O)c3cc(F)cc(F)c3C2=O)C(=O)N1. The summed E-state index contributed by atoms with van der Waals surface area (Å²) in [6.07, 6.45) is -0.0824. The van der Waals surface area contributed by atoms with E-state index in [4.69, 9.17) is 0 Å². The Morgan fingerprint density at radius 2 is 1.81 bits per heavy atom. The number of amides is 4. The molecule has 0 aromatic heterocycles. The number of rotatable bonds is 1. The summed E-state index contributed by atoms with van der Waals surface area (Å²) in [4.78, 5) is 47.7. The van der Waals surface area contributed by atoms with Crippen molar-refractivity contribution in [3.05, 3.63) is 34.9 Å². The normalized spacial score (nSPS) is 21.6. The first-order chi connectivity index (χ1) is 9.90. The molecule has 1 saturated heterocycles.